The van der Waals surface area contributed by atoms with Gasteiger partial charge in [-0.3, -0.25) is 9.69 Å². The first-order valence-electron chi connectivity index (χ1n) is 9.02. The normalized spacial score (nSPS) is 25.3. The van der Waals surface area contributed by atoms with Gasteiger partial charge in [-0.05, 0) is 56.0 Å². The maximum absolute atomic E-state index is 14.8. The fourth-order valence-corrected chi connectivity index (χ4v) is 4.45. The number of esters is 1. The minimum absolute atomic E-state index is 0.00506. The summed E-state index contributed by atoms with van der Waals surface area (Å²) in [6.07, 6.45) is 3.57. The van der Waals surface area contributed by atoms with Crippen molar-refractivity contribution in [1.82, 2.24) is 10.2 Å². The van der Waals surface area contributed by atoms with Gasteiger partial charge in [0.15, 0.2) is 0 Å². The Morgan fingerprint density at radius 1 is 1.25 bits per heavy atom. The number of likely N-dealkylation sites (tertiary alicyclic amines) is 1. The summed E-state index contributed by atoms with van der Waals surface area (Å²) in [4.78, 5) is 14.0. The second kappa shape index (κ2) is 6.45. The van der Waals surface area contributed by atoms with Gasteiger partial charge in [-0.1, -0.05) is 6.07 Å². The van der Waals surface area contributed by atoms with Gasteiger partial charge < -0.3 is 10.1 Å². The van der Waals surface area contributed by atoms with E-state index in [1.165, 1.54) is 12.7 Å². The highest BCUT2D eigenvalue weighted by molar-refractivity contribution is 5.72. The number of nitrogens with zero attached hydrogens (tertiary/aromatic N) is 1. The first-order chi connectivity index (χ1) is 11.7. The van der Waals surface area contributed by atoms with Crippen molar-refractivity contribution in [2.24, 2.45) is 5.92 Å². The smallest absolute Gasteiger partial charge is 0.308 e. The number of benzene rings is 1. The van der Waals surface area contributed by atoms with Crippen LogP contribution in [0.5, 0.6) is 0 Å². The molecule has 0 spiro atoms. The van der Waals surface area contributed by atoms with E-state index in [2.05, 4.69) is 16.3 Å². The number of methoxy groups -OCH3 is 1. The Morgan fingerprint density at radius 2 is 2.00 bits per heavy atom. The van der Waals surface area contributed by atoms with Gasteiger partial charge in [0.25, 0.3) is 0 Å². The highest BCUT2D eigenvalue weighted by atomic mass is 19.1. The van der Waals surface area contributed by atoms with Crippen molar-refractivity contribution in [1.29, 1.82) is 0 Å². The molecule has 2 heterocycles. The third-order valence-corrected chi connectivity index (χ3v) is 6.02. The van der Waals surface area contributed by atoms with Crippen LogP contribution in [0.2, 0.25) is 0 Å². The molecule has 4 rings (SSSR count). The average molecular weight is 332 g/mol. The number of fused-ring (bicyclic) bond motifs is 1. The molecule has 3 aliphatic rings. The Balaban J connectivity index is 1.49. The van der Waals surface area contributed by atoms with E-state index in [1.54, 1.807) is 6.07 Å². The molecule has 0 bridgehead atoms. The van der Waals surface area contributed by atoms with E-state index in [1.807, 2.05) is 0 Å². The molecule has 2 saturated heterocycles. The van der Waals surface area contributed by atoms with Crippen molar-refractivity contribution < 1.29 is 13.9 Å². The second-order valence-corrected chi connectivity index (χ2v) is 7.32. The molecule has 1 unspecified atom stereocenters. The summed E-state index contributed by atoms with van der Waals surface area (Å²) in [5.74, 6) is 0.337. The summed E-state index contributed by atoms with van der Waals surface area (Å²) in [5.41, 5.74) is 3.24. The summed E-state index contributed by atoms with van der Waals surface area (Å²) >= 11 is 0. The van der Waals surface area contributed by atoms with Crippen molar-refractivity contribution >= 4 is 5.97 Å². The Hall–Kier alpha value is -1.46. The molecule has 1 atom stereocenters. The Labute approximate surface area is 142 Å². The number of halogens is 1. The molecular weight excluding hydrogens is 307 g/mol. The number of piperidine rings is 1. The monoisotopic (exact) mass is 332 g/mol. The third-order valence-electron chi connectivity index (χ3n) is 6.02. The number of aryl methyl sites for hydroxylation is 1. The summed E-state index contributed by atoms with van der Waals surface area (Å²) in [7, 11) is 1.45. The summed E-state index contributed by atoms with van der Waals surface area (Å²) in [6, 6.07) is 4.15. The highest BCUT2D eigenvalue weighted by Crippen LogP contribution is 2.41. The molecule has 4 nitrogen and oxygen atoms in total. The zero-order valence-electron chi connectivity index (χ0n) is 14.2. The molecule has 1 aliphatic carbocycles. The predicted octanol–water partition coefficient (Wildman–Crippen LogP) is 2.38. The Bertz CT molecular complexity index is 636. The van der Waals surface area contributed by atoms with E-state index < -0.39 is 0 Å². The maximum atomic E-state index is 14.8. The van der Waals surface area contributed by atoms with Gasteiger partial charge in [-0.2, -0.15) is 0 Å². The molecule has 1 aromatic rings. The molecule has 24 heavy (non-hydrogen) atoms. The van der Waals surface area contributed by atoms with Crippen molar-refractivity contribution in [3.8, 4) is 0 Å². The van der Waals surface area contributed by atoms with Gasteiger partial charge in [-0.25, -0.2) is 4.39 Å². The van der Waals surface area contributed by atoms with Crippen molar-refractivity contribution in [2.75, 3.05) is 33.3 Å². The van der Waals surface area contributed by atoms with Gasteiger partial charge in [0.1, 0.15) is 5.82 Å². The lowest BCUT2D eigenvalue weighted by atomic mass is 9.90. The summed E-state index contributed by atoms with van der Waals surface area (Å²) in [6.45, 7) is 3.61. The van der Waals surface area contributed by atoms with Crippen LogP contribution in [0, 0.1) is 11.7 Å². The van der Waals surface area contributed by atoms with Crippen LogP contribution in [-0.2, 0) is 16.0 Å². The Morgan fingerprint density at radius 3 is 2.62 bits per heavy atom. The van der Waals surface area contributed by atoms with E-state index in [0.717, 1.165) is 63.0 Å². The molecule has 1 N–H and O–H groups in total. The number of carbonyl (C=O) groups excluding carboxylic acids is 1. The van der Waals surface area contributed by atoms with Gasteiger partial charge in [0, 0.05) is 30.6 Å². The van der Waals surface area contributed by atoms with Gasteiger partial charge in [0.2, 0.25) is 0 Å². The van der Waals surface area contributed by atoms with E-state index >= 15 is 0 Å². The molecule has 1 aromatic carbocycles. The number of carbonyl (C=O) groups is 1. The molecule has 0 amide bonds. The number of nitrogens with one attached hydrogen (secondary N) is 1. The van der Waals surface area contributed by atoms with Crippen LogP contribution in [0.1, 0.15) is 47.9 Å². The minimum Gasteiger partial charge on any atom is -0.469 e. The molecule has 0 saturated carbocycles. The van der Waals surface area contributed by atoms with Gasteiger partial charge >= 0.3 is 5.97 Å². The lowest BCUT2D eigenvalue weighted by Crippen LogP contribution is -2.40. The third kappa shape index (κ3) is 2.74. The largest absolute Gasteiger partial charge is 0.469 e. The standard InChI is InChI=1S/C19H25FN2O2/c1-24-19(23)12-4-6-22(7-5-12)17-3-2-13-8-14(15-10-21-11-15)9-16(20)18(13)17/h8-9,12,15,17,21H,2-7,10-11H2,1H3. The highest BCUT2D eigenvalue weighted by Gasteiger charge is 2.35. The van der Waals surface area contributed by atoms with Crippen LogP contribution in [0.25, 0.3) is 0 Å². The minimum atomic E-state index is -0.105. The zero-order valence-corrected chi connectivity index (χ0v) is 14.2. The van der Waals surface area contributed by atoms with Gasteiger partial charge in [0.05, 0.1) is 13.0 Å². The van der Waals surface area contributed by atoms with E-state index in [-0.39, 0.29) is 23.7 Å². The average Bonchev–Trinajstić information content (AvgIpc) is 2.97. The first kappa shape index (κ1) is 16.0. The Kier molecular flexibility index (Phi) is 4.31. The lowest BCUT2D eigenvalue weighted by molar-refractivity contribution is -0.147. The zero-order chi connectivity index (χ0) is 16.7. The first-order valence-corrected chi connectivity index (χ1v) is 9.02. The van der Waals surface area contributed by atoms with Gasteiger partial charge in [-0.15, -0.1) is 0 Å². The maximum Gasteiger partial charge on any atom is 0.308 e. The topological polar surface area (TPSA) is 41.6 Å². The SMILES string of the molecule is COC(=O)C1CCN(C2CCc3cc(C4CNC4)cc(F)c32)CC1. The van der Waals surface area contributed by atoms with Crippen LogP contribution in [0.4, 0.5) is 4.39 Å². The fraction of sp³-hybridized carbons (Fsp3) is 0.632. The number of ether oxygens (including phenoxy) is 1. The van der Waals surface area contributed by atoms with Crippen LogP contribution in [-0.4, -0.2) is 44.2 Å². The van der Waals surface area contributed by atoms with Crippen molar-refractivity contribution in [3.63, 3.8) is 0 Å². The van der Waals surface area contributed by atoms with E-state index in [0.29, 0.717) is 5.92 Å². The summed E-state index contributed by atoms with van der Waals surface area (Å²) in [5, 5.41) is 3.26. The number of hydrogen-bond donors (Lipinski definition) is 1. The molecule has 2 aliphatic heterocycles. The molecular formula is C19H25FN2O2. The number of rotatable bonds is 3. The van der Waals surface area contributed by atoms with Crippen LogP contribution in [0.3, 0.4) is 0 Å². The molecule has 0 aromatic heterocycles. The van der Waals surface area contributed by atoms with Crippen molar-refractivity contribution in [2.45, 2.75) is 37.6 Å². The molecule has 5 heteroatoms. The van der Waals surface area contributed by atoms with Crippen LogP contribution < -0.4 is 5.32 Å². The van der Waals surface area contributed by atoms with Crippen LogP contribution >= 0.6 is 0 Å². The predicted molar refractivity (Wildman–Crippen MR) is 89.4 cm³/mol. The lowest BCUT2D eigenvalue weighted by Gasteiger charge is -2.35. The number of hydrogen-bond acceptors (Lipinski definition) is 4. The van der Waals surface area contributed by atoms with E-state index in [4.69, 9.17) is 4.74 Å². The second-order valence-electron chi connectivity index (χ2n) is 7.32. The van der Waals surface area contributed by atoms with Crippen LogP contribution in [0.15, 0.2) is 12.1 Å². The molecule has 2 fully saturated rings. The molecule has 130 valence electrons. The fourth-order valence-electron chi connectivity index (χ4n) is 4.45. The summed E-state index contributed by atoms with van der Waals surface area (Å²) < 4.78 is 19.7. The van der Waals surface area contributed by atoms with E-state index in [9.17, 15) is 9.18 Å². The quantitative estimate of drug-likeness (QED) is 0.863. The molecule has 0 radical (unpaired) electrons. The van der Waals surface area contributed by atoms with Crippen molar-refractivity contribution in [3.05, 3.63) is 34.6 Å².